The summed E-state index contributed by atoms with van der Waals surface area (Å²) in [7, 11) is 0. The fourth-order valence-electron chi connectivity index (χ4n) is 1.26. The van der Waals surface area contributed by atoms with Gasteiger partial charge in [0.15, 0.2) is 0 Å². The van der Waals surface area contributed by atoms with E-state index in [0.29, 0.717) is 13.0 Å². The van der Waals surface area contributed by atoms with E-state index in [1.54, 1.807) is 12.4 Å². The number of aromatic nitrogens is 1. The third kappa shape index (κ3) is 4.26. The normalized spacial score (nSPS) is 12.6. The summed E-state index contributed by atoms with van der Waals surface area (Å²) in [5.41, 5.74) is 1.04. The number of nitrogens with zero attached hydrogens (tertiary/aromatic N) is 1. The van der Waals surface area contributed by atoms with Crippen LogP contribution in [0.3, 0.4) is 0 Å². The summed E-state index contributed by atoms with van der Waals surface area (Å²) in [6, 6.07) is 3.85. The molecule has 0 aliphatic rings. The SMILES string of the molecule is CCOC(=O)[C@H](C)CC=Cc1cccnc1. The molecule has 0 bridgehead atoms. The highest BCUT2D eigenvalue weighted by molar-refractivity contribution is 5.72. The van der Waals surface area contributed by atoms with Crippen molar-refractivity contribution in [1.29, 1.82) is 0 Å². The van der Waals surface area contributed by atoms with Crippen LogP contribution in [0.4, 0.5) is 0 Å². The number of carbonyl (C=O) groups excluding carboxylic acids is 1. The van der Waals surface area contributed by atoms with Crippen molar-refractivity contribution in [2.45, 2.75) is 20.3 Å². The van der Waals surface area contributed by atoms with Crippen molar-refractivity contribution in [2.75, 3.05) is 6.61 Å². The van der Waals surface area contributed by atoms with Crippen molar-refractivity contribution in [2.24, 2.45) is 5.92 Å². The number of hydrogen-bond acceptors (Lipinski definition) is 3. The number of hydrogen-bond donors (Lipinski definition) is 0. The Hall–Kier alpha value is -1.64. The summed E-state index contributed by atoms with van der Waals surface area (Å²) in [6.45, 7) is 4.12. The fraction of sp³-hybridized carbons (Fsp3) is 0.385. The van der Waals surface area contributed by atoms with Crippen LogP contribution in [0.2, 0.25) is 0 Å². The predicted molar refractivity (Wildman–Crippen MR) is 63.7 cm³/mol. The number of pyridine rings is 1. The molecule has 1 aromatic heterocycles. The monoisotopic (exact) mass is 219 g/mol. The Morgan fingerprint density at radius 3 is 3.06 bits per heavy atom. The third-order valence-corrected chi connectivity index (χ3v) is 2.17. The molecule has 0 radical (unpaired) electrons. The van der Waals surface area contributed by atoms with Crippen molar-refractivity contribution in [3.8, 4) is 0 Å². The molecule has 0 saturated heterocycles. The van der Waals surface area contributed by atoms with Crippen LogP contribution in [0.15, 0.2) is 30.6 Å². The molecule has 1 rings (SSSR count). The van der Waals surface area contributed by atoms with Crippen LogP contribution >= 0.6 is 0 Å². The Labute approximate surface area is 96.2 Å². The van der Waals surface area contributed by atoms with Crippen molar-refractivity contribution < 1.29 is 9.53 Å². The van der Waals surface area contributed by atoms with Gasteiger partial charge in [-0.05, 0) is 25.0 Å². The maximum absolute atomic E-state index is 11.3. The summed E-state index contributed by atoms with van der Waals surface area (Å²) >= 11 is 0. The molecule has 16 heavy (non-hydrogen) atoms. The largest absolute Gasteiger partial charge is 0.466 e. The molecule has 0 saturated carbocycles. The minimum atomic E-state index is -0.140. The zero-order chi connectivity index (χ0) is 11.8. The highest BCUT2D eigenvalue weighted by atomic mass is 16.5. The van der Waals surface area contributed by atoms with Crippen molar-refractivity contribution >= 4 is 12.0 Å². The van der Waals surface area contributed by atoms with Gasteiger partial charge in [-0.2, -0.15) is 0 Å². The predicted octanol–water partition coefficient (Wildman–Crippen LogP) is 2.68. The minimum absolute atomic E-state index is 0.0899. The molecule has 86 valence electrons. The van der Waals surface area contributed by atoms with E-state index < -0.39 is 0 Å². The second-order valence-electron chi connectivity index (χ2n) is 3.58. The molecule has 0 spiro atoms. The van der Waals surface area contributed by atoms with E-state index in [1.807, 2.05) is 38.1 Å². The van der Waals surface area contributed by atoms with E-state index in [4.69, 9.17) is 4.74 Å². The van der Waals surface area contributed by atoms with Crippen LogP contribution in [-0.2, 0) is 9.53 Å². The molecule has 1 heterocycles. The Morgan fingerprint density at radius 1 is 1.62 bits per heavy atom. The van der Waals surface area contributed by atoms with Crippen LogP contribution in [0.1, 0.15) is 25.8 Å². The van der Waals surface area contributed by atoms with Gasteiger partial charge in [-0.3, -0.25) is 9.78 Å². The van der Waals surface area contributed by atoms with Gasteiger partial charge in [-0.15, -0.1) is 0 Å². The molecule has 0 fully saturated rings. The first-order valence-corrected chi connectivity index (χ1v) is 5.47. The van der Waals surface area contributed by atoms with Gasteiger partial charge in [-0.25, -0.2) is 0 Å². The lowest BCUT2D eigenvalue weighted by Crippen LogP contribution is -2.13. The Balaban J connectivity index is 2.40. The molecule has 0 aliphatic heterocycles. The Kier molecular flexibility index (Phi) is 5.26. The molecule has 0 N–H and O–H groups in total. The molecular weight excluding hydrogens is 202 g/mol. The maximum atomic E-state index is 11.3. The molecule has 0 aromatic carbocycles. The van der Waals surface area contributed by atoms with Gasteiger partial charge in [0, 0.05) is 12.4 Å². The average molecular weight is 219 g/mol. The van der Waals surface area contributed by atoms with Crippen LogP contribution < -0.4 is 0 Å². The number of rotatable bonds is 5. The van der Waals surface area contributed by atoms with Gasteiger partial charge in [0.25, 0.3) is 0 Å². The number of carbonyl (C=O) groups is 1. The average Bonchev–Trinajstić information content (AvgIpc) is 2.30. The molecule has 3 heteroatoms. The smallest absolute Gasteiger partial charge is 0.308 e. The first-order valence-electron chi connectivity index (χ1n) is 5.47. The number of ether oxygens (including phenoxy) is 1. The van der Waals surface area contributed by atoms with E-state index in [-0.39, 0.29) is 11.9 Å². The summed E-state index contributed by atoms with van der Waals surface area (Å²) in [5, 5.41) is 0. The second kappa shape index (κ2) is 6.77. The Bertz CT molecular complexity index is 346. The van der Waals surface area contributed by atoms with E-state index in [0.717, 1.165) is 5.56 Å². The second-order valence-corrected chi connectivity index (χ2v) is 3.58. The zero-order valence-corrected chi connectivity index (χ0v) is 9.72. The third-order valence-electron chi connectivity index (χ3n) is 2.17. The van der Waals surface area contributed by atoms with Gasteiger partial charge in [0.1, 0.15) is 0 Å². The zero-order valence-electron chi connectivity index (χ0n) is 9.72. The summed E-state index contributed by atoms with van der Waals surface area (Å²) < 4.78 is 4.92. The molecular formula is C13H17NO2. The fourth-order valence-corrected chi connectivity index (χ4v) is 1.26. The minimum Gasteiger partial charge on any atom is -0.466 e. The molecule has 1 atom stereocenters. The standard InChI is InChI=1S/C13H17NO2/c1-3-16-13(15)11(2)6-4-7-12-8-5-9-14-10-12/h4-5,7-11H,3,6H2,1-2H3/t11-/m1/s1. The van der Waals surface area contributed by atoms with Crippen molar-refractivity contribution in [3.05, 3.63) is 36.2 Å². The lowest BCUT2D eigenvalue weighted by Gasteiger charge is -2.06. The molecule has 0 unspecified atom stereocenters. The first kappa shape index (κ1) is 12.4. The number of esters is 1. The summed E-state index contributed by atoms with van der Waals surface area (Å²) in [6.07, 6.45) is 8.14. The van der Waals surface area contributed by atoms with E-state index in [2.05, 4.69) is 4.98 Å². The lowest BCUT2D eigenvalue weighted by molar-refractivity contribution is -0.147. The van der Waals surface area contributed by atoms with Crippen molar-refractivity contribution in [1.82, 2.24) is 4.98 Å². The van der Waals surface area contributed by atoms with Gasteiger partial charge in [0.2, 0.25) is 0 Å². The van der Waals surface area contributed by atoms with Crippen LogP contribution in [-0.4, -0.2) is 17.6 Å². The molecule has 0 aliphatic carbocycles. The Morgan fingerprint density at radius 2 is 2.44 bits per heavy atom. The molecule has 1 aromatic rings. The topological polar surface area (TPSA) is 39.2 Å². The highest BCUT2D eigenvalue weighted by Gasteiger charge is 2.11. The van der Waals surface area contributed by atoms with E-state index in [9.17, 15) is 4.79 Å². The van der Waals surface area contributed by atoms with Crippen LogP contribution in [0.25, 0.3) is 6.08 Å². The quantitative estimate of drug-likeness (QED) is 0.715. The van der Waals surface area contributed by atoms with Gasteiger partial charge in [0.05, 0.1) is 12.5 Å². The molecule has 0 amide bonds. The number of allylic oxidation sites excluding steroid dienone is 1. The van der Waals surface area contributed by atoms with Gasteiger partial charge < -0.3 is 4.74 Å². The van der Waals surface area contributed by atoms with Gasteiger partial charge in [-0.1, -0.05) is 25.1 Å². The van der Waals surface area contributed by atoms with Crippen molar-refractivity contribution in [3.63, 3.8) is 0 Å². The molecule has 3 nitrogen and oxygen atoms in total. The summed E-state index contributed by atoms with van der Waals surface area (Å²) in [4.78, 5) is 15.3. The van der Waals surface area contributed by atoms with E-state index in [1.165, 1.54) is 0 Å². The maximum Gasteiger partial charge on any atom is 0.308 e. The van der Waals surface area contributed by atoms with Crippen LogP contribution in [0.5, 0.6) is 0 Å². The first-order chi connectivity index (χ1) is 7.74. The lowest BCUT2D eigenvalue weighted by atomic mass is 10.1. The van der Waals surface area contributed by atoms with E-state index >= 15 is 0 Å². The summed E-state index contributed by atoms with van der Waals surface area (Å²) in [5.74, 6) is -0.230. The van der Waals surface area contributed by atoms with Gasteiger partial charge >= 0.3 is 5.97 Å². The highest BCUT2D eigenvalue weighted by Crippen LogP contribution is 2.08. The van der Waals surface area contributed by atoms with Crippen LogP contribution in [0, 0.1) is 5.92 Å².